The molecule has 6 nitrogen and oxygen atoms in total. The van der Waals surface area contributed by atoms with E-state index in [9.17, 15) is 0 Å². The fraction of sp³-hybridized carbons (Fsp3) is 0.184. The van der Waals surface area contributed by atoms with Crippen molar-refractivity contribution in [2.24, 2.45) is 0 Å². The molecule has 6 aromatic carbocycles. The van der Waals surface area contributed by atoms with Gasteiger partial charge in [-0.2, -0.15) is 0 Å². The molecule has 1 aliphatic carbocycles. The summed E-state index contributed by atoms with van der Waals surface area (Å²) in [4.78, 5) is 0. The van der Waals surface area contributed by atoms with Crippen LogP contribution in [-0.4, -0.2) is 13.1 Å². The summed E-state index contributed by atoms with van der Waals surface area (Å²) in [7, 11) is 0. The van der Waals surface area contributed by atoms with Gasteiger partial charge in [-0.25, -0.2) is 0 Å². The highest BCUT2D eigenvalue weighted by Crippen LogP contribution is 2.51. The number of benzene rings is 6. The molecule has 0 fully saturated rings. The molecule has 3 aliphatic rings. The summed E-state index contributed by atoms with van der Waals surface area (Å²) in [6, 6.07) is 49.0. The average Bonchev–Trinajstić information content (AvgIpc) is 3.43. The van der Waals surface area contributed by atoms with Crippen molar-refractivity contribution in [3.05, 3.63) is 190 Å². The van der Waals surface area contributed by atoms with E-state index in [0.29, 0.717) is 0 Å². The molecule has 55 heavy (non-hydrogen) atoms. The van der Waals surface area contributed by atoms with Crippen molar-refractivity contribution >= 4 is 33.9 Å². The maximum atomic E-state index is 3.71. The molecular formula is C49H48N6. The Kier molecular flexibility index (Phi) is 8.60. The zero-order valence-corrected chi connectivity index (χ0v) is 32.6. The van der Waals surface area contributed by atoms with Crippen LogP contribution in [0.5, 0.6) is 0 Å². The first kappa shape index (κ1) is 34.7. The molecule has 6 aromatic rings. The van der Waals surface area contributed by atoms with Gasteiger partial charge >= 0.3 is 0 Å². The molecule has 2 aliphatic heterocycles. The first-order valence-electron chi connectivity index (χ1n) is 19.2. The van der Waals surface area contributed by atoms with Gasteiger partial charge in [0, 0.05) is 17.8 Å². The van der Waals surface area contributed by atoms with E-state index in [-0.39, 0.29) is 5.41 Å². The van der Waals surface area contributed by atoms with Crippen LogP contribution < -0.4 is 31.1 Å². The van der Waals surface area contributed by atoms with Crippen LogP contribution in [0.1, 0.15) is 58.4 Å². The van der Waals surface area contributed by atoms with Gasteiger partial charge in [-0.1, -0.05) is 121 Å². The summed E-state index contributed by atoms with van der Waals surface area (Å²) in [6.45, 7) is 14.8. The van der Waals surface area contributed by atoms with Crippen LogP contribution in [0.4, 0.5) is 22.7 Å². The standard InChI is InChI=1S/C49H48N6/c1-33-7-15-37(16-8-33)39-29-52(41-19-11-35(3)12-20-41)50-54(31-39)43-23-25-45-46-26-24-44(28-48(46)49(5,6)47(45)27-43)55-32-40(38-17-9-34(2)10-18-38)30-53(51-55)42-21-13-36(4)14-22-42/h7-28,31-32,50-51H,29-30H2,1-6H3. The third-order valence-corrected chi connectivity index (χ3v) is 11.4. The van der Waals surface area contributed by atoms with E-state index >= 15 is 0 Å². The maximum Gasteiger partial charge on any atom is 0.0633 e. The van der Waals surface area contributed by atoms with Gasteiger partial charge < -0.3 is 0 Å². The van der Waals surface area contributed by atoms with Crippen molar-refractivity contribution in [1.82, 2.24) is 11.1 Å². The molecule has 0 saturated heterocycles. The summed E-state index contributed by atoms with van der Waals surface area (Å²) in [5.41, 5.74) is 26.8. The molecule has 0 unspecified atom stereocenters. The van der Waals surface area contributed by atoms with Crippen LogP contribution >= 0.6 is 0 Å². The largest absolute Gasteiger partial charge is 0.286 e. The smallest absolute Gasteiger partial charge is 0.0633 e. The molecule has 9 rings (SSSR count). The van der Waals surface area contributed by atoms with Gasteiger partial charge in [0.1, 0.15) is 0 Å². The first-order chi connectivity index (χ1) is 26.6. The molecule has 0 radical (unpaired) electrons. The van der Waals surface area contributed by atoms with Gasteiger partial charge in [0.15, 0.2) is 0 Å². The van der Waals surface area contributed by atoms with E-state index in [0.717, 1.165) is 35.8 Å². The molecule has 0 spiro atoms. The Labute approximate surface area is 325 Å². The minimum absolute atomic E-state index is 0.220. The predicted octanol–water partition coefficient (Wildman–Crippen LogP) is 10.8. The summed E-state index contributed by atoms with van der Waals surface area (Å²) < 4.78 is 0. The Balaban J connectivity index is 1.06. The average molecular weight is 721 g/mol. The van der Waals surface area contributed by atoms with Gasteiger partial charge in [0.25, 0.3) is 0 Å². The highest BCUT2D eigenvalue weighted by Gasteiger charge is 2.37. The van der Waals surface area contributed by atoms with Crippen molar-refractivity contribution < 1.29 is 0 Å². The molecule has 6 heteroatoms. The number of aryl methyl sites for hydroxylation is 4. The van der Waals surface area contributed by atoms with E-state index < -0.39 is 0 Å². The van der Waals surface area contributed by atoms with Gasteiger partial charge in [-0.05, 0) is 121 Å². The van der Waals surface area contributed by atoms with E-state index in [1.165, 1.54) is 66.8 Å². The molecule has 2 heterocycles. The Morgan fingerprint density at radius 3 is 1.11 bits per heavy atom. The summed E-state index contributed by atoms with van der Waals surface area (Å²) in [5.74, 6) is 0. The second kappa shape index (κ2) is 13.6. The van der Waals surface area contributed by atoms with Gasteiger partial charge in [-0.3, -0.25) is 20.0 Å². The fourth-order valence-electron chi connectivity index (χ4n) is 8.01. The number of hydrogen-bond donors (Lipinski definition) is 2. The molecule has 0 atom stereocenters. The highest BCUT2D eigenvalue weighted by atomic mass is 15.8. The van der Waals surface area contributed by atoms with E-state index in [1.54, 1.807) is 0 Å². The lowest BCUT2D eigenvalue weighted by molar-refractivity contribution is 0.635. The summed E-state index contributed by atoms with van der Waals surface area (Å²) in [5, 5.41) is 8.83. The van der Waals surface area contributed by atoms with Gasteiger partial charge in [0.05, 0.1) is 35.8 Å². The van der Waals surface area contributed by atoms with Crippen molar-refractivity contribution in [2.75, 3.05) is 33.1 Å². The molecular weight excluding hydrogens is 673 g/mol. The molecule has 2 N–H and O–H groups in total. The van der Waals surface area contributed by atoms with E-state index in [4.69, 9.17) is 0 Å². The van der Waals surface area contributed by atoms with Gasteiger partial charge in [0.2, 0.25) is 0 Å². The van der Waals surface area contributed by atoms with Crippen molar-refractivity contribution in [1.29, 1.82) is 0 Å². The molecule has 0 amide bonds. The van der Waals surface area contributed by atoms with Crippen LogP contribution in [-0.2, 0) is 5.41 Å². The number of anilines is 4. The number of rotatable bonds is 6. The zero-order valence-electron chi connectivity index (χ0n) is 32.6. The second-order valence-corrected chi connectivity index (χ2v) is 15.9. The molecule has 274 valence electrons. The number of nitrogens with zero attached hydrogens (tertiary/aromatic N) is 4. The van der Waals surface area contributed by atoms with Crippen LogP contribution in [0.15, 0.2) is 146 Å². The summed E-state index contributed by atoms with van der Waals surface area (Å²) >= 11 is 0. The van der Waals surface area contributed by atoms with Crippen LogP contribution in [0.2, 0.25) is 0 Å². The third kappa shape index (κ3) is 6.58. The normalized spacial score (nSPS) is 16.1. The van der Waals surface area contributed by atoms with E-state index in [1.807, 2.05) is 0 Å². The van der Waals surface area contributed by atoms with Crippen molar-refractivity contribution in [3.63, 3.8) is 0 Å². The SMILES string of the molecule is Cc1ccc(C2=CN(c3ccc4c(c3)C(C)(C)c3cc(N5C=C(c6ccc(C)cc6)CN(c6ccc(C)cc6)N5)ccc3-4)NN(c3ccc(C)cc3)C2)cc1. The number of nitrogens with one attached hydrogen (secondary N) is 2. The molecule has 0 aromatic heterocycles. The van der Waals surface area contributed by atoms with Crippen molar-refractivity contribution in [2.45, 2.75) is 47.0 Å². The highest BCUT2D eigenvalue weighted by molar-refractivity contribution is 5.85. The third-order valence-electron chi connectivity index (χ3n) is 11.4. The monoisotopic (exact) mass is 720 g/mol. The van der Waals surface area contributed by atoms with Crippen LogP contribution in [0.25, 0.3) is 22.3 Å². The Morgan fingerprint density at radius 2 is 0.745 bits per heavy atom. The fourth-order valence-corrected chi connectivity index (χ4v) is 8.01. The molecule has 0 bridgehead atoms. The quantitative estimate of drug-likeness (QED) is 0.178. The predicted molar refractivity (Wildman–Crippen MR) is 231 cm³/mol. The summed E-state index contributed by atoms with van der Waals surface area (Å²) in [6.07, 6.45) is 4.51. The first-order valence-corrected chi connectivity index (χ1v) is 19.2. The lowest BCUT2D eigenvalue weighted by atomic mass is 9.82. The van der Waals surface area contributed by atoms with E-state index in [2.05, 4.69) is 219 Å². The Hall–Kier alpha value is -6.08. The second-order valence-electron chi connectivity index (χ2n) is 15.9. The van der Waals surface area contributed by atoms with Crippen molar-refractivity contribution in [3.8, 4) is 11.1 Å². The number of fused-ring (bicyclic) bond motifs is 3. The zero-order chi connectivity index (χ0) is 37.8. The molecule has 0 saturated carbocycles. The maximum absolute atomic E-state index is 3.71. The van der Waals surface area contributed by atoms with Crippen LogP contribution in [0, 0.1) is 27.7 Å². The number of hydrogen-bond acceptors (Lipinski definition) is 6. The minimum Gasteiger partial charge on any atom is -0.286 e. The number of hydrazine groups is 4. The van der Waals surface area contributed by atoms with Gasteiger partial charge in [-0.15, -0.1) is 11.1 Å². The Morgan fingerprint density at radius 1 is 0.418 bits per heavy atom. The Bertz CT molecular complexity index is 2270. The minimum atomic E-state index is -0.220. The lowest BCUT2D eigenvalue weighted by Gasteiger charge is -2.38. The van der Waals surface area contributed by atoms with Crippen LogP contribution in [0.3, 0.4) is 0 Å². The lowest BCUT2D eigenvalue weighted by Crippen LogP contribution is -2.52. The topological polar surface area (TPSA) is 37.0 Å².